The second kappa shape index (κ2) is 5.82. The Morgan fingerprint density at radius 1 is 1.24 bits per heavy atom. The Balaban J connectivity index is 2.56. The fourth-order valence-corrected chi connectivity index (χ4v) is 1.64. The van der Waals surface area contributed by atoms with E-state index in [-0.39, 0.29) is 5.91 Å². The van der Waals surface area contributed by atoms with Crippen LogP contribution >= 0.6 is 0 Å². The predicted octanol–water partition coefficient (Wildman–Crippen LogP) is 2.13. The lowest BCUT2D eigenvalue weighted by molar-refractivity contribution is -0.126. The SMILES string of the molecule is CCC(N)(CC)C(=O)NCc1ccc(C)cc1. The summed E-state index contributed by atoms with van der Waals surface area (Å²) in [7, 11) is 0. The molecule has 94 valence electrons. The van der Waals surface area contributed by atoms with E-state index in [1.807, 2.05) is 45.0 Å². The Bertz CT molecular complexity index is 366. The molecule has 3 heteroatoms. The van der Waals surface area contributed by atoms with Gasteiger partial charge in [-0.05, 0) is 25.3 Å². The standard InChI is InChI=1S/C14H22N2O/c1-4-14(15,5-2)13(17)16-10-12-8-6-11(3)7-9-12/h6-9H,4-5,10,15H2,1-3H3,(H,16,17). The third-order valence-corrected chi connectivity index (χ3v) is 3.29. The topological polar surface area (TPSA) is 55.1 Å². The van der Waals surface area contributed by atoms with E-state index in [0.29, 0.717) is 19.4 Å². The maximum absolute atomic E-state index is 11.9. The first-order chi connectivity index (χ1) is 8.01. The zero-order chi connectivity index (χ0) is 12.9. The van der Waals surface area contributed by atoms with Crippen molar-refractivity contribution in [1.82, 2.24) is 5.32 Å². The highest BCUT2D eigenvalue weighted by Crippen LogP contribution is 2.11. The molecular formula is C14H22N2O. The van der Waals surface area contributed by atoms with Gasteiger partial charge in [0, 0.05) is 6.54 Å². The monoisotopic (exact) mass is 234 g/mol. The Labute approximate surface area is 103 Å². The quantitative estimate of drug-likeness (QED) is 0.820. The molecule has 0 radical (unpaired) electrons. The van der Waals surface area contributed by atoms with E-state index in [2.05, 4.69) is 5.32 Å². The molecule has 0 aromatic heterocycles. The van der Waals surface area contributed by atoms with Crippen LogP contribution < -0.4 is 11.1 Å². The number of hydrogen-bond acceptors (Lipinski definition) is 2. The molecule has 0 fully saturated rings. The normalized spacial score (nSPS) is 11.3. The minimum Gasteiger partial charge on any atom is -0.350 e. The van der Waals surface area contributed by atoms with Crippen LogP contribution in [0.4, 0.5) is 0 Å². The van der Waals surface area contributed by atoms with Gasteiger partial charge >= 0.3 is 0 Å². The summed E-state index contributed by atoms with van der Waals surface area (Å²) in [4.78, 5) is 11.9. The molecule has 3 nitrogen and oxygen atoms in total. The van der Waals surface area contributed by atoms with Gasteiger partial charge in [0.25, 0.3) is 0 Å². The van der Waals surface area contributed by atoms with Crippen LogP contribution in [0.1, 0.15) is 37.8 Å². The van der Waals surface area contributed by atoms with Gasteiger partial charge in [-0.3, -0.25) is 4.79 Å². The molecule has 0 spiro atoms. The number of rotatable bonds is 5. The fraction of sp³-hybridized carbons (Fsp3) is 0.500. The van der Waals surface area contributed by atoms with Gasteiger partial charge in [-0.15, -0.1) is 0 Å². The van der Waals surface area contributed by atoms with Crippen LogP contribution in [0.2, 0.25) is 0 Å². The maximum atomic E-state index is 11.9. The molecule has 0 saturated heterocycles. The van der Waals surface area contributed by atoms with Gasteiger partial charge in [0.2, 0.25) is 5.91 Å². The smallest absolute Gasteiger partial charge is 0.240 e. The molecule has 17 heavy (non-hydrogen) atoms. The maximum Gasteiger partial charge on any atom is 0.240 e. The number of nitrogens with one attached hydrogen (secondary N) is 1. The highest BCUT2D eigenvalue weighted by Gasteiger charge is 2.29. The first kappa shape index (κ1) is 13.7. The second-order valence-electron chi connectivity index (χ2n) is 4.53. The molecule has 0 aliphatic carbocycles. The largest absolute Gasteiger partial charge is 0.350 e. The van der Waals surface area contributed by atoms with Crippen molar-refractivity contribution in [3.63, 3.8) is 0 Å². The number of nitrogens with two attached hydrogens (primary N) is 1. The number of benzene rings is 1. The Kier molecular flexibility index (Phi) is 4.70. The molecule has 1 aromatic rings. The van der Waals surface area contributed by atoms with Crippen LogP contribution in [-0.4, -0.2) is 11.4 Å². The van der Waals surface area contributed by atoms with Crippen molar-refractivity contribution in [2.45, 2.75) is 45.7 Å². The molecule has 1 rings (SSSR count). The van der Waals surface area contributed by atoms with Crippen molar-refractivity contribution in [2.24, 2.45) is 5.73 Å². The van der Waals surface area contributed by atoms with Crippen molar-refractivity contribution >= 4 is 5.91 Å². The van der Waals surface area contributed by atoms with Crippen LogP contribution in [0.5, 0.6) is 0 Å². The summed E-state index contributed by atoms with van der Waals surface area (Å²) < 4.78 is 0. The molecule has 3 N–H and O–H groups in total. The van der Waals surface area contributed by atoms with Gasteiger partial charge in [0.05, 0.1) is 5.54 Å². The Morgan fingerprint density at radius 2 is 1.76 bits per heavy atom. The highest BCUT2D eigenvalue weighted by molar-refractivity contribution is 5.85. The van der Waals surface area contributed by atoms with E-state index in [1.165, 1.54) is 5.56 Å². The third-order valence-electron chi connectivity index (χ3n) is 3.29. The zero-order valence-electron chi connectivity index (χ0n) is 10.9. The minimum atomic E-state index is -0.731. The van der Waals surface area contributed by atoms with Gasteiger partial charge in [-0.25, -0.2) is 0 Å². The fourth-order valence-electron chi connectivity index (χ4n) is 1.64. The molecule has 1 aromatic carbocycles. The first-order valence-electron chi connectivity index (χ1n) is 6.14. The van der Waals surface area contributed by atoms with Gasteiger partial charge in [0.15, 0.2) is 0 Å². The molecule has 1 amide bonds. The van der Waals surface area contributed by atoms with Crippen molar-refractivity contribution in [3.8, 4) is 0 Å². The van der Waals surface area contributed by atoms with Crippen LogP contribution in [0, 0.1) is 6.92 Å². The zero-order valence-corrected chi connectivity index (χ0v) is 10.9. The summed E-state index contributed by atoms with van der Waals surface area (Å²) in [5.41, 5.74) is 7.60. The Hall–Kier alpha value is -1.35. The molecular weight excluding hydrogens is 212 g/mol. The van der Waals surface area contributed by atoms with Gasteiger partial charge < -0.3 is 11.1 Å². The Morgan fingerprint density at radius 3 is 2.24 bits per heavy atom. The van der Waals surface area contributed by atoms with E-state index in [4.69, 9.17) is 5.73 Å². The average molecular weight is 234 g/mol. The molecule has 0 bridgehead atoms. The van der Waals surface area contributed by atoms with Gasteiger partial charge in [-0.2, -0.15) is 0 Å². The summed E-state index contributed by atoms with van der Waals surface area (Å²) in [6.07, 6.45) is 1.31. The van der Waals surface area contributed by atoms with E-state index in [0.717, 1.165) is 5.56 Å². The van der Waals surface area contributed by atoms with Crippen LogP contribution in [-0.2, 0) is 11.3 Å². The number of carbonyl (C=O) groups excluding carboxylic acids is 1. The highest BCUT2D eigenvalue weighted by atomic mass is 16.2. The first-order valence-corrected chi connectivity index (χ1v) is 6.14. The van der Waals surface area contributed by atoms with Crippen LogP contribution in [0.3, 0.4) is 0 Å². The average Bonchev–Trinajstić information content (AvgIpc) is 2.36. The third kappa shape index (κ3) is 3.56. The summed E-state index contributed by atoms with van der Waals surface area (Å²) in [6.45, 7) is 6.46. The number of amides is 1. The molecule has 0 aliphatic heterocycles. The summed E-state index contributed by atoms with van der Waals surface area (Å²) >= 11 is 0. The summed E-state index contributed by atoms with van der Waals surface area (Å²) in [6, 6.07) is 8.12. The van der Waals surface area contributed by atoms with E-state index < -0.39 is 5.54 Å². The van der Waals surface area contributed by atoms with Crippen molar-refractivity contribution in [2.75, 3.05) is 0 Å². The molecule has 0 aliphatic rings. The summed E-state index contributed by atoms with van der Waals surface area (Å²) in [5.74, 6) is -0.0666. The molecule has 0 atom stereocenters. The minimum absolute atomic E-state index is 0.0666. The summed E-state index contributed by atoms with van der Waals surface area (Å²) in [5, 5.41) is 2.90. The van der Waals surface area contributed by atoms with Gasteiger partial charge in [0.1, 0.15) is 0 Å². The second-order valence-corrected chi connectivity index (χ2v) is 4.53. The molecule has 0 unspecified atom stereocenters. The number of aryl methyl sites for hydroxylation is 1. The van der Waals surface area contributed by atoms with Crippen molar-refractivity contribution in [3.05, 3.63) is 35.4 Å². The van der Waals surface area contributed by atoms with Crippen LogP contribution in [0.25, 0.3) is 0 Å². The van der Waals surface area contributed by atoms with E-state index in [1.54, 1.807) is 0 Å². The molecule has 0 heterocycles. The number of carbonyl (C=O) groups is 1. The van der Waals surface area contributed by atoms with Crippen molar-refractivity contribution in [1.29, 1.82) is 0 Å². The lowest BCUT2D eigenvalue weighted by Crippen LogP contribution is -2.52. The van der Waals surface area contributed by atoms with E-state index >= 15 is 0 Å². The lowest BCUT2D eigenvalue weighted by atomic mass is 9.93. The molecule has 0 saturated carbocycles. The van der Waals surface area contributed by atoms with Gasteiger partial charge in [-0.1, -0.05) is 43.7 Å². The van der Waals surface area contributed by atoms with E-state index in [9.17, 15) is 4.79 Å². The lowest BCUT2D eigenvalue weighted by Gasteiger charge is -2.25. The number of hydrogen-bond donors (Lipinski definition) is 2. The predicted molar refractivity (Wildman–Crippen MR) is 70.5 cm³/mol. The van der Waals surface area contributed by atoms with Crippen molar-refractivity contribution < 1.29 is 4.79 Å². The van der Waals surface area contributed by atoms with Crippen LogP contribution in [0.15, 0.2) is 24.3 Å².